The molecule has 1 N–H and O–H groups in total. The predicted molar refractivity (Wildman–Crippen MR) is 93.4 cm³/mol. The number of nitrogens with zero attached hydrogens (tertiary/aromatic N) is 1. The molecular weight excluding hydrogens is 322 g/mol. The first-order chi connectivity index (χ1) is 12.0. The zero-order chi connectivity index (χ0) is 17.8. The minimum absolute atomic E-state index is 0.0207. The highest BCUT2D eigenvalue weighted by Gasteiger charge is 2.25. The summed E-state index contributed by atoms with van der Waals surface area (Å²) in [5, 5.41) is 2.88. The molecule has 0 bridgehead atoms. The molecular formula is C20H22F2N2O. The minimum Gasteiger partial charge on any atom is -0.334 e. The Bertz CT molecular complexity index is 670. The highest BCUT2D eigenvalue weighted by atomic mass is 19.1. The Morgan fingerprint density at radius 1 is 1.04 bits per heavy atom. The number of benzene rings is 2. The molecule has 0 aromatic heterocycles. The Morgan fingerprint density at radius 2 is 1.56 bits per heavy atom. The van der Waals surface area contributed by atoms with Crippen LogP contribution in [0, 0.1) is 11.6 Å². The lowest BCUT2D eigenvalue weighted by Gasteiger charge is -2.20. The molecule has 132 valence electrons. The first kappa shape index (κ1) is 17.4. The van der Waals surface area contributed by atoms with Gasteiger partial charge >= 0.3 is 6.03 Å². The van der Waals surface area contributed by atoms with Crippen molar-refractivity contribution in [2.24, 2.45) is 0 Å². The third-order valence-electron chi connectivity index (χ3n) is 4.62. The SMILES string of the molecule is C[C@@H]1CN(CCCC(c2ccc(F)cc2)c2ccc(F)cc2)C(=O)N1. The molecule has 2 amide bonds. The molecule has 1 atom stereocenters. The van der Waals surface area contributed by atoms with Gasteiger partial charge in [0.1, 0.15) is 11.6 Å². The van der Waals surface area contributed by atoms with E-state index in [9.17, 15) is 13.6 Å². The van der Waals surface area contributed by atoms with E-state index in [0.29, 0.717) is 6.54 Å². The van der Waals surface area contributed by atoms with E-state index in [1.807, 2.05) is 11.8 Å². The van der Waals surface area contributed by atoms with E-state index in [4.69, 9.17) is 0 Å². The molecule has 1 fully saturated rings. The Hall–Kier alpha value is -2.43. The molecule has 2 aromatic carbocycles. The summed E-state index contributed by atoms with van der Waals surface area (Å²) in [5.41, 5.74) is 1.99. The van der Waals surface area contributed by atoms with Crippen LogP contribution in [-0.4, -0.2) is 30.1 Å². The van der Waals surface area contributed by atoms with Crippen molar-refractivity contribution in [3.05, 3.63) is 71.3 Å². The third-order valence-corrected chi connectivity index (χ3v) is 4.62. The summed E-state index contributed by atoms with van der Waals surface area (Å²) in [4.78, 5) is 13.6. The van der Waals surface area contributed by atoms with E-state index in [1.165, 1.54) is 24.3 Å². The first-order valence-electron chi connectivity index (χ1n) is 8.59. The van der Waals surface area contributed by atoms with Gasteiger partial charge in [-0.1, -0.05) is 24.3 Å². The average molecular weight is 344 g/mol. The van der Waals surface area contributed by atoms with E-state index >= 15 is 0 Å². The van der Waals surface area contributed by atoms with Crippen LogP contribution in [0.25, 0.3) is 0 Å². The van der Waals surface area contributed by atoms with Gasteiger partial charge < -0.3 is 10.2 Å². The van der Waals surface area contributed by atoms with Crippen LogP contribution >= 0.6 is 0 Å². The van der Waals surface area contributed by atoms with Gasteiger partial charge in [-0.15, -0.1) is 0 Å². The van der Waals surface area contributed by atoms with Crippen molar-refractivity contribution in [3.63, 3.8) is 0 Å². The summed E-state index contributed by atoms with van der Waals surface area (Å²) in [7, 11) is 0. The second-order valence-electron chi connectivity index (χ2n) is 6.59. The van der Waals surface area contributed by atoms with Crippen LogP contribution in [0.3, 0.4) is 0 Å². The molecule has 3 nitrogen and oxygen atoms in total. The van der Waals surface area contributed by atoms with Crippen molar-refractivity contribution in [2.75, 3.05) is 13.1 Å². The molecule has 0 unspecified atom stereocenters. The highest BCUT2D eigenvalue weighted by molar-refractivity contribution is 5.76. The Kier molecular flexibility index (Phi) is 5.31. The lowest BCUT2D eigenvalue weighted by atomic mass is 9.87. The topological polar surface area (TPSA) is 32.3 Å². The van der Waals surface area contributed by atoms with Crippen molar-refractivity contribution in [2.45, 2.75) is 31.7 Å². The summed E-state index contributed by atoms with van der Waals surface area (Å²) in [5.74, 6) is -0.502. The van der Waals surface area contributed by atoms with Gasteiger partial charge in [0.2, 0.25) is 0 Å². The van der Waals surface area contributed by atoms with E-state index in [-0.39, 0.29) is 29.6 Å². The lowest BCUT2D eigenvalue weighted by Crippen LogP contribution is -2.29. The quantitative estimate of drug-likeness (QED) is 0.833. The van der Waals surface area contributed by atoms with Gasteiger partial charge in [-0.05, 0) is 55.2 Å². The van der Waals surface area contributed by atoms with Crippen molar-refractivity contribution in [1.29, 1.82) is 0 Å². The monoisotopic (exact) mass is 344 g/mol. The number of hydrogen-bond acceptors (Lipinski definition) is 1. The maximum absolute atomic E-state index is 13.2. The number of carbonyl (C=O) groups excluding carboxylic acids is 1. The summed E-state index contributed by atoms with van der Waals surface area (Å²) in [6.07, 6.45) is 1.62. The van der Waals surface area contributed by atoms with Crippen molar-refractivity contribution >= 4 is 6.03 Å². The molecule has 2 aromatic rings. The fourth-order valence-electron chi connectivity index (χ4n) is 3.36. The summed E-state index contributed by atoms with van der Waals surface area (Å²) < 4.78 is 26.5. The van der Waals surface area contributed by atoms with Gasteiger partial charge in [-0.3, -0.25) is 0 Å². The summed E-state index contributed by atoms with van der Waals surface area (Å²) in [6, 6.07) is 13.0. The van der Waals surface area contributed by atoms with Crippen molar-refractivity contribution in [3.8, 4) is 0 Å². The average Bonchev–Trinajstić information content (AvgIpc) is 2.91. The molecule has 25 heavy (non-hydrogen) atoms. The summed E-state index contributed by atoms with van der Waals surface area (Å²) in [6.45, 7) is 3.38. The van der Waals surface area contributed by atoms with Gasteiger partial charge in [0.05, 0.1) is 0 Å². The number of amides is 2. The second kappa shape index (κ2) is 7.64. The zero-order valence-corrected chi connectivity index (χ0v) is 14.2. The van der Waals surface area contributed by atoms with Gasteiger partial charge in [-0.2, -0.15) is 0 Å². The van der Waals surface area contributed by atoms with Crippen LogP contribution < -0.4 is 5.32 Å². The molecule has 1 saturated heterocycles. The predicted octanol–water partition coefficient (Wildman–Crippen LogP) is 4.29. The van der Waals surface area contributed by atoms with E-state index in [2.05, 4.69) is 5.32 Å². The number of carbonyl (C=O) groups is 1. The number of hydrogen-bond donors (Lipinski definition) is 1. The normalized spacial score (nSPS) is 17.2. The molecule has 0 aliphatic carbocycles. The number of nitrogens with one attached hydrogen (secondary N) is 1. The Labute approximate surface area is 146 Å². The standard InChI is InChI=1S/C20H22F2N2O/c1-14-13-24(20(25)23-14)12-2-3-19(15-4-8-17(21)9-5-15)16-6-10-18(22)11-7-16/h4-11,14,19H,2-3,12-13H2,1H3,(H,23,25)/t14-/m1/s1. The maximum atomic E-state index is 13.2. The number of halogens is 2. The number of rotatable bonds is 6. The molecule has 5 heteroatoms. The first-order valence-corrected chi connectivity index (χ1v) is 8.59. The number of urea groups is 1. The van der Waals surface area contributed by atoms with Crippen molar-refractivity contribution < 1.29 is 13.6 Å². The largest absolute Gasteiger partial charge is 0.334 e. The van der Waals surface area contributed by atoms with E-state index in [0.717, 1.165) is 30.5 Å². The van der Waals surface area contributed by atoms with Crippen LogP contribution in [0.2, 0.25) is 0 Å². The van der Waals surface area contributed by atoms with E-state index in [1.54, 1.807) is 24.3 Å². The maximum Gasteiger partial charge on any atom is 0.317 e. The van der Waals surface area contributed by atoms with E-state index < -0.39 is 0 Å². The van der Waals surface area contributed by atoms with Gasteiger partial charge in [0.25, 0.3) is 0 Å². The fraction of sp³-hybridized carbons (Fsp3) is 0.350. The summed E-state index contributed by atoms with van der Waals surface area (Å²) >= 11 is 0. The second-order valence-corrected chi connectivity index (χ2v) is 6.59. The molecule has 3 rings (SSSR count). The Morgan fingerprint density at radius 3 is 2.00 bits per heavy atom. The van der Waals surface area contributed by atoms with Crippen molar-refractivity contribution in [1.82, 2.24) is 10.2 Å². The Balaban J connectivity index is 1.71. The molecule has 0 radical (unpaired) electrons. The van der Waals surface area contributed by atoms with Gasteiger partial charge in [-0.25, -0.2) is 13.6 Å². The molecule has 1 heterocycles. The lowest BCUT2D eigenvalue weighted by molar-refractivity contribution is 0.216. The van der Waals surface area contributed by atoms with Gasteiger partial charge in [0.15, 0.2) is 0 Å². The molecule has 0 saturated carbocycles. The van der Waals surface area contributed by atoms with Crippen LogP contribution in [-0.2, 0) is 0 Å². The van der Waals surface area contributed by atoms with Crippen LogP contribution in [0.1, 0.15) is 36.8 Å². The zero-order valence-electron chi connectivity index (χ0n) is 14.2. The van der Waals surface area contributed by atoms with Crippen LogP contribution in [0.4, 0.5) is 13.6 Å². The highest BCUT2D eigenvalue weighted by Crippen LogP contribution is 2.30. The fourth-order valence-corrected chi connectivity index (χ4v) is 3.36. The third kappa shape index (κ3) is 4.35. The van der Waals surface area contributed by atoms with Crippen LogP contribution in [0.15, 0.2) is 48.5 Å². The van der Waals surface area contributed by atoms with Crippen LogP contribution in [0.5, 0.6) is 0 Å². The smallest absolute Gasteiger partial charge is 0.317 e. The minimum atomic E-state index is -0.274. The molecule has 1 aliphatic rings. The van der Waals surface area contributed by atoms with Gasteiger partial charge in [0, 0.05) is 25.0 Å². The molecule has 0 spiro atoms. The molecule has 1 aliphatic heterocycles.